The molecule has 38 heavy (non-hydrogen) atoms. The van der Waals surface area contributed by atoms with Crippen LogP contribution in [0.2, 0.25) is 5.02 Å². The van der Waals surface area contributed by atoms with Crippen molar-refractivity contribution in [3.8, 4) is 11.5 Å². The number of Topliss-reactive ketones (excluding diaryl/α,β-unsaturated/α-hetero) is 1. The molecule has 1 saturated heterocycles. The van der Waals surface area contributed by atoms with Crippen molar-refractivity contribution in [2.45, 2.75) is 6.04 Å². The van der Waals surface area contributed by atoms with Crippen LogP contribution in [0.5, 0.6) is 11.5 Å². The SMILES string of the molecule is COc1cc(/C(O)=C2/C(=O)C(=O)N(c3ccc(Nc4ccccc4)cc3)C2c2ccc(O)cc2)ccc1Cl. The summed E-state index contributed by atoms with van der Waals surface area (Å²) in [6.07, 6.45) is 0. The van der Waals surface area contributed by atoms with E-state index in [1.165, 1.54) is 30.2 Å². The van der Waals surface area contributed by atoms with Crippen molar-refractivity contribution in [2.75, 3.05) is 17.3 Å². The number of methoxy groups -OCH3 is 1. The number of benzene rings is 4. The number of rotatable bonds is 6. The monoisotopic (exact) mass is 526 g/mol. The smallest absolute Gasteiger partial charge is 0.300 e. The molecule has 1 aliphatic heterocycles. The van der Waals surface area contributed by atoms with E-state index in [-0.39, 0.29) is 22.6 Å². The number of halogens is 1. The van der Waals surface area contributed by atoms with Crippen LogP contribution < -0.4 is 15.0 Å². The van der Waals surface area contributed by atoms with Crippen molar-refractivity contribution >= 4 is 46.1 Å². The highest BCUT2D eigenvalue weighted by molar-refractivity contribution is 6.51. The Morgan fingerprint density at radius 2 is 1.55 bits per heavy atom. The van der Waals surface area contributed by atoms with Crippen molar-refractivity contribution in [1.29, 1.82) is 0 Å². The van der Waals surface area contributed by atoms with Gasteiger partial charge in [-0.05, 0) is 72.3 Å². The van der Waals surface area contributed by atoms with Crippen LogP contribution in [-0.2, 0) is 9.59 Å². The van der Waals surface area contributed by atoms with E-state index in [0.29, 0.717) is 22.0 Å². The first kappa shape index (κ1) is 24.9. The number of ketones is 1. The van der Waals surface area contributed by atoms with E-state index in [1.807, 2.05) is 30.3 Å². The number of anilines is 3. The minimum absolute atomic E-state index is 0.0319. The molecule has 7 nitrogen and oxygen atoms in total. The van der Waals surface area contributed by atoms with Gasteiger partial charge in [0.25, 0.3) is 11.7 Å². The maximum atomic E-state index is 13.4. The summed E-state index contributed by atoms with van der Waals surface area (Å²) < 4.78 is 5.25. The minimum Gasteiger partial charge on any atom is -0.508 e. The first-order valence-electron chi connectivity index (χ1n) is 11.7. The van der Waals surface area contributed by atoms with Gasteiger partial charge in [0.15, 0.2) is 0 Å². The van der Waals surface area contributed by atoms with E-state index in [2.05, 4.69) is 5.32 Å². The normalized spacial score (nSPS) is 16.5. The molecule has 1 unspecified atom stereocenters. The van der Waals surface area contributed by atoms with E-state index in [0.717, 1.165) is 11.4 Å². The molecular formula is C30H23ClN2O5. The summed E-state index contributed by atoms with van der Waals surface area (Å²) in [7, 11) is 1.44. The molecule has 0 saturated carbocycles. The molecule has 0 radical (unpaired) electrons. The van der Waals surface area contributed by atoms with Gasteiger partial charge < -0.3 is 20.3 Å². The van der Waals surface area contributed by atoms with Crippen LogP contribution in [0.1, 0.15) is 17.2 Å². The number of carbonyl (C=O) groups excluding carboxylic acids is 2. The van der Waals surface area contributed by atoms with Crippen LogP contribution in [0.25, 0.3) is 5.76 Å². The fraction of sp³-hybridized carbons (Fsp3) is 0.0667. The number of aromatic hydroxyl groups is 1. The quantitative estimate of drug-likeness (QED) is 0.152. The van der Waals surface area contributed by atoms with Crippen molar-refractivity contribution < 1.29 is 24.5 Å². The molecular weight excluding hydrogens is 504 g/mol. The summed E-state index contributed by atoms with van der Waals surface area (Å²) in [6.45, 7) is 0. The molecule has 0 aromatic heterocycles. The molecule has 1 aliphatic rings. The Morgan fingerprint density at radius 3 is 2.21 bits per heavy atom. The topological polar surface area (TPSA) is 99.1 Å². The largest absolute Gasteiger partial charge is 0.508 e. The predicted octanol–water partition coefficient (Wildman–Crippen LogP) is 6.42. The molecule has 1 amide bonds. The van der Waals surface area contributed by atoms with E-state index in [4.69, 9.17) is 16.3 Å². The summed E-state index contributed by atoms with van der Waals surface area (Å²) in [5.74, 6) is -1.63. The highest BCUT2D eigenvalue weighted by atomic mass is 35.5. The number of aliphatic hydroxyl groups is 1. The Kier molecular flexibility index (Phi) is 6.77. The number of para-hydroxylation sites is 1. The lowest BCUT2D eigenvalue weighted by Crippen LogP contribution is -2.29. The summed E-state index contributed by atoms with van der Waals surface area (Å²) in [5.41, 5.74) is 2.90. The van der Waals surface area contributed by atoms with Crippen molar-refractivity contribution in [2.24, 2.45) is 0 Å². The lowest BCUT2D eigenvalue weighted by molar-refractivity contribution is -0.132. The highest BCUT2D eigenvalue weighted by Gasteiger charge is 2.47. The molecule has 4 aromatic rings. The fourth-order valence-corrected chi connectivity index (χ4v) is 4.62. The van der Waals surface area contributed by atoms with Crippen LogP contribution in [0.15, 0.2) is 103 Å². The first-order valence-corrected chi connectivity index (χ1v) is 12.1. The third kappa shape index (κ3) is 4.67. The van der Waals surface area contributed by atoms with Gasteiger partial charge in [-0.3, -0.25) is 14.5 Å². The Balaban J connectivity index is 1.60. The van der Waals surface area contributed by atoms with Crippen LogP contribution in [0, 0.1) is 0 Å². The Labute approximate surface area is 224 Å². The second-order valence-corrected chi connectivity index (χ2v) is 9.06. The van der Waals surface area contributed by atoms with Gasteiger partial charge in [0.2, 0.25) is 0 Å². The third-order valence-corrected chi connectivity index (χ3v) is 6.60. The van der Waals surface area contributed by atoms with E-state index in [9.17, 15) is 19.8 Å². The molecule has 0 aliphatic carbocycles. The first-order chi connectivity index (χ1) is 18.4. The summed E-state index contributed by atoms with van der Waals surface area (Å²) >= 11 is 6.14. The minimum atomic E-state index is -0.940. The second kappa shape index (κ2) is 10.3. The van der Waals surface area contributed by atoms with Gasteiger partial charge in [0, 0.05) is 22.6 Å². The molecule has 8 heteroatoms. The summed E-state index contributed by atoms with van der Waals surface area (Å²) in [4.78, 5) is 28.1. The zero-order valence-corrected chi connectivity index (χ0v) is 21.0. The summed E-state index contributed by atoms with van der Waals surface area (Å²) in [5, 5.41) is 24.8. The van der Waals surface area contributed by atoms with Gasteiger partial charge >= 0.3 is 0 Å². The number of hydrogen-bond acceptors (Lipinski definition) is 6. The number of hydrogen-bond donors (Lipinski definition) is 3. The molecule has 0 bridgehead atoms. The number of carbonyl (C=O) groups is 2. The van der Waals surface area contributed by atoms with Gasteiger partial charge in [-0.25, -0.2) is 0 Å². The molecule has 0 spiro atoms. The number of nitrogens with one attached hydrogen (secondary N) is 1. The van der Waals surface area contributed by atoms with E-state index in [1.54, 1.807) is 48.5 Å². The van der Waals surface area contributed by atoms with Gasteiger partial charge in [-0.15, -0.1) is 0 Å². The number of phenols is 1. The predicted molar refractivity (Wildman–Crippen MR) is 147 cm³/mol. The standard InChI is InChI=1S/C30H23ClN2O5/c1-38-25-17-19(9-16-24(25)31)28(35)26-27(18-7-14-23(34)15-8-18)33(30(37)29(26)36)22-12-10-21(11-13-22)32-20-5-3-2-4-6-20/h2-17,27,32,34-35H,1H3/b28-26-. The van der Waals surface area contributed by atoms with E-state index >= 15 is 0 Å². The van der Waals surface area contributed by atoms with E-state index < -0.39 is 17.7 Å². The van der Waals surface area contributed by atoms with Gasteiger partial charge in [-0.2, -0.15) is 0 Å². The number of nitrogens with zero attached hydrogens (tertiary/aromatic N) is 1. The van der Waals surface area contributed by atoms with Gasteiger partial charge in [0.1, 0.15) is 17.3 Å². The third-order valence-electron chi connectivity index (χ3n) is 6.29. The van der Waals surface area contributed by atoms with Crippen LogP contribution in [0.4, 0.5) is 17.1 Å². The van der Waals surface area contributed by atoms with Crippen molar-refractivity contribution in [3.05, 3.63) is 119 Å². The Hall–Kier alpha value is -4.75. The number of phenolic OH excluding ortho intramolecular Hbond substituents is 1. The second-order valence-electron chi connectivity index (χ2n) is 8.65. The molecule has 1 atom stereocenters. The van der Waals surface area contributed by atoms with Gasteiger partial charge in [0.05, 0.1) is 23.7 Å². The molecule has 1 fully saturated rings. The maximum absolute atomic E-state index is 13.4. The van der Waals surface area contributed by atoms with Crippen LogP contribution in [0.3, 0.4) is 0 Å². The molecule has 4 aromatic carbocycles. The lowest BCUT2D eigenvalue weighted by Gasteiger charge is -2.25. The number of ether oxygens (including phenoxy) is 1. The Morgan fingerprint density at radius 1 is 0.895 bits per heavy atom. The molecule has 1 heterocycles. The Bertz CT molecular complexity index is 1530. The van der Waals surface area contributed by atoms with Crippen molar-refractivity contribution in [3.63, 3.8) is 0 Å². The molecule has 190 valence electrons. The number of amides is 1. The molecule has 3 N–H and O–H groups in total. The van der Waals surface area contributed by atoms with Crippen LogP contribution in [-0.4, -0.2) is 29.0 Å². The number of aliphatic hydroxyl groups excluding tert-OH is 1. The average molecular weight is 527 g/mol. The van der Waals surface area contributed by atoms with Crippen LogP contribution >= 0.6 is 11.6 Å². The van der Waals surface area contributed by atoms with Crippen molar-refractivity contribution in [1.82, 2.24) is 0 Å². The zero-order chi connectivity index (χ0) is 26.8. The zero-order valence-electron chi connectivity index (χ0n) is 20.3. The summed E-state index contributed by atoms with van der Waals surface area (Å²) in [6, 6.07) is 26.5. The van der Waals surface area contributed by atoms with Gasteiger partial charge in [-0.1, -0.05) is 41.9 Å². The molecule has 5 rings (SSSR count). The maximum Gasteiger partial charge on any atom is 0.300 e. The average Bonchev–Trinajstić information content (AvgIpc) is 3.20. The lowest BCUT2D eigenvalue weighted by atomic mass is 9.95. The fourth-order valence-electron chi connectivity index (χ4n) is 4.43. The highest BCUT2D eigenvalue weighted by Crippen LogP contribution is 2.43.